The van der Waals surface area contributed by atoms with E-state index in [1.807, 2.05) is 0 Å². The number of carbonyl (C=O) groups is 1. The molecular formula is C22H16Cl2F3N5O2. The Labute approximate surface area is 201 Å². The molecule has 176 valence electrons. The van der Waals surface area contributed by atoms with Gasteiger partial charge >= 0.3 is 6.18 Å². The molecule has 4 rings (SSSR count). The quantitative estimate of drug-likeness (QED) is 0.344. The molecule has 0 aliphatic rings. The average Bonchev–Trinajstić information content (AvgIpc) is 3.44. The molecule has 34 heavy (non-hydrogen) atoms. The molecule has 2 aromatic carbocycles. The minimum absolute atomic E-state index is 0.0282. The van der Waals surface area contributed by atoms with Crippen molar-refractivity contribution in [2.75, 3.05) is 5.32 Å². The largest absolute Gasteiger partial charge is 0.471 e. The minimum Gasteiger partial charge on any atom is -0.471 e. The number of benzene rings is 2. The highest BCUT2D eigenvalue weighted by Gasteiger charge is 2.30. The van der Waals surface area contributed by atoms with Crippen molar-refractivity contribution in [2.24, 2.45) is 0 Å². The summed E-state index contributed by atoms with van der Waals surface area (Å²) in [7, 11) is 0. The standard InChI is InChI=1S/C22H16Cl2F3N5O2/c23-17-5-2-6-18(24)16(17)12-31-10-8-20(30-31)28-21(33)19-7-9-32(29-19)13-34-15-4-1-3-14(11-15)22(25,26)27/h1-11H,12-13H2,(H,28,30,33). The zero-order valence-corrected chi connectivity index (χ0v) is 18.8. The van der Waals surface area contributed by atoms with Crippen molar-refractivity contribution in [1.82, 2.24) is 19.6 Å². The number of ether oxygens (including phenoxy) is 1. The first-order valence-corrected chi connectivity index (χ1v) is 10.6. The smallest absolute Gasteiger partial charge is 0.416 e. The topological polar surface area (TPSA) is 74.0 Å². The van der Waals surface area contributed by atoms with Crippen molar-refractivity contribution in [1.29, 1.82) is 0 Å². The van der Waals surface area contributed by atoms with Crippen LogP contribution in [0.3, 0.4) is 0 Å². The van der Waals surface area contributed by atoms with Gasteiger partial charge in [-0.05, 0) is 36.4 Å². The van der Waals surface area contributed by atoms with E-state index in [-0.39, 0.29) is 18.2 Å². The molecule has 2 aromatic heterocycles. The van der Waals surface area contributed by atoms with Gasteiger partial charge in [-0.15, -0.1) is 0 Å². The van der Waals surface area contributed by atoms with E-state index in [0.29, 0.717) is 28.0 Å². The number of nitrogens with one attached hydrogen (secondary N) is 1. The van der Waals surface area contributed by atoms with E-state index in [0.717, 1.165) is 12.1 Å². The van der Waals surface area contributed by atoms with Crippen LogP contribution in [0.15, 0.2) is 67.0 Å². The van der Waals surface area contributed by atoms with Gasteiger partial charge in [0.2, 0.25) is 0 Å². The number of nitrogens with zero attached hydrogens (tertiary/aromatic N) is 4. The fourth-order valence-corrected chi connectivity index (χ4v) is 3.52. The Morgan fingerprint density at radius 3 is 2.41 bits per heavy atom. The summed E-state index contributed by atoms with van der Waals surface area (Å²) in [5.41, 5.74) is -0.0376. The third kappa shape index (κ3) is 5.70. The third-order valence-corrected chi connectivity index (χ3v) is 5.37. The number of carbonyl (C=O) groups excluding carboxylic acids is 1. The van der Waals surface area contributed by atoms with Crippen LogP contribution in [-0.2, 0) is 19.5 Å². The number of aromatic nitrogens is 4. The molecule has 0 saturated carbocycles. The molecule has 0 atom stereocenters. The van der Waals surface area contributed by atoms with E-state index >= 15 is 0 Å². The van der Waals surface area contributed by atoms with Crippen LogP contribution < -0.4 is 10.1 Å². The summed E-state index contributed by atoms with van der Waals surface area (Å²) in [5, 5.41) is 12.0. The molecule has 0 aliphatic heterocycles. The van der Waals surface area contributed by atoms with Gasteiger partial charge in [-0.1, -0.05) is 35.3 Å². The van der Waals surface area contributed by atoms with Crippen molar-refractivity contribution >= 4 is 34.9 Å². The van der Waals surface area contributed by atoms with Crippen LogP contribution in [-0.4, -0.2) is 25.5 Å². The molecule has 7 nitrogen and oxygen atoms in total. The van der Waals surface area contributed by atoms with Crippen molar-refractivity contribution in [2.45, 2.75) is 19.5 Å². The minimum atomic E-state index is -4.47. The molecule has 1 amide bonds. The van der Waals surface area contributed by atoms with Gasteiger partial charge in [0.05, 0.1) is 12.1 Å². The molecule has 12 heteroatoms. The molecular weight excluding hydrogens is 494 g/mol. The summed E-state index contributed by atoms with van der Waals surface area (Å²) >= 11 is 12.4. The van der Waals surface area contributed by atoms with Crippen molar-refractivity contribution in [3.8, 4) is 5.75 Å². The molecule has 0 unspecified atom stereocenters. The normalized spacial score (nSPS) is 11.4. The van der Waals surface area contributed by atoms with Gasteiger partial charge in [0, 0.05) is 34.1 Å². The summed E-state index contributed by atoms with van der Waals surface area (Å²) in [6.07, 6.45) is -1.33. The summed E-state index contributed by atoms with van der Waals surface area (Å²) in [6.45, 7) is 0.137. The Balaban J connectivity index is 1.35. The number of hydrogen-bond acceptors (Lipinski definition) is 4. The number of rotatable bonds is 7. The number of anilines is 1. The maximum atomic E-state index is 12.8. The van der Waals surface area contributed by atoms with Crippen LogP contribution in [0.1, 0.15) is 21.6 Å². The lowest BCUT2D eigenvalue weighted by molar-refractivity contribution is -0.137. The van der Waals surface area contributed by atoms with Gasteiger partial charge in [0.1, 0.15) is 5.75 Å². The molecule has 0 bridgehead atoms. The summed E-state index contributed by atoms with van der Waals surface area (Å²) in [6, 6.07) is 12.7. The summed E-state index contributed by atoms with van der Waals surface area (Å²) < 4.78 is 46.6. The fourth-order valence-electron chi connectivity index (χ4n) is 3.00. The van der Waals surface area contributed by atoms with Gasteiger partial charge < -0.3 is 10.1 Å². The second-order valence-electron chi connectivity index (χ2n) is 7.09. The lowest BCUT2D eigenvalue weighted by atomic mass is 10.2. The van der Waals surface area contributed by atoms with Gasteiger partial charge in [0.25, 0.3) is 5.91 Å². The number of alkyl halides is 3. The van der Waals surface area contributed by atoms with Crippen LogP contribution in [0, 0.1) is 0 Å². The van der Waals surface area contributed by atoms with E-state index in [2.05, 4.69) is 15.5 Å². The Bertz CT molecular complexity index is 1300. The first-order valence-electron chi connectivity index (χ1n) is 9.80. The van der Waals surface area contributed by atoms with Crippen LogP contribution in [0.4, 0.5) is 19.0 Å². The fraction of sp³-hybridized carbons (Fsp3) is 0.136. The van der Waals surface area contributed by atoms with Gasteiger partial charge in [-0.25, -0.2) is 4.68 Å². The van der Waals surface area contributed by atoms with E-state index in [4.69, 9.17) is 27.9 Å². The van der Waals surface area contributed by atoms with Gasteiger partial charge in [-0.2, -0.15) is 23.4 Å². The average molecular weight is 510 g/mol. The molecule has 0 radical (unpaired) electrons. The predicted molar refractivity (Wildman–Crippen MR) is 120 cm³/mol. The number of hydrogen-bond donors (Lipinski definition) is 1. The first kappa shape index (κ1) is 23.7. The van der Waals surface area contributed by atoms with E-state index in [1.54, 1.807) is 35.1 Å². The molecule has 0 fully saturated rings. The predicted octanol–water partition coefficient (Wildman–Crippen LogP) is 5.74. The van der Waals surface area contributed by atoms with E-state index < -0.39 is 17.6 Å². The number of halogens is 5. The van der Waals surface area contributed by atoms with Crippen molar-refractivity contribution in [3.63, 3.8) is 0 Å². The SMILES string of the molecule is O=C(Nc1ccn(Cc2c(Cl)cccc2Cl)n1)c1ccn(COc2cccc(C(F)(F)F)c2)n1. The maximum absolute atomic E-state index is 12.8. The Morgan fingerprint density at radius 2 is 1.68 bits per heavy atom. The maximum Gasteiger partial charge on any atom is 0.416 e. The van der Waals surface area contributed by atoms with Crippen molar-refractivity contribution in [3.05, 3.63) is 93.9 Å². The Morgan fingerprint density at radius 1 is 0.971 bits per heavy atom. The van der Waals surface area contributed by atoms with Crippen molar-refractivity contribution < 1.29 is 22.7 Å². The number of amides is 1. The van der Waals surface area contributed by atoms with Crippen LogP contribution in [0.25, 0.3) is 0 Å². The Kier molecular flexibility index (Phi) is 6.80. The monoisotopic (exact) mass is 509 g/mol. The van der Waals surface area contributed by atoms with Crippen LogP contribution in [0.5, 0.6) is 5.75 Å². The second-order valence-corrected chi connectivity index (χ2v) is 7.91. The Hall–Kier alpha value is -3.50. The van der Waals surface area contributed by atoms with Gasteiger partial charge in [-0.3, -0.25) is 9.48 Å². The zero-order chi connectivity index (χ0) is 24.3. The highest BCUT2D eigenvalue weighted by molar-refractivity contribution is 6.35. The third-order valence-electron chi connectivity index (χ3n) is 4.66. The molecule has 0 aliphatic carbocycles. The van der Waals surface area contributed by atoms with Crippen LogP contribution >= 0.6 is 23.2 Å². The molecule has 2 heterocycles. The summed E-state index contributed by atoms with van der Waals surface area (Å²) in [4.78, 5) is 12.5. The molecule has 0 spiro atoms. The highest BCUT2D eigenvalue weighted by Crippen LogP contribution is 2.31. The van der Waals surface area contributed by atoms with E-state index in [1.165, 1.54) is 29.1 Å². The van der Waals surface area contributed by atoms with Crippen LogP contribution in [0.2, 0.25) is 10.0 Å². The lowest BCUT2D eigenvalue weighted by Crippen LogP contribution is -2.15. The van der Waals surface area contributed by atoms with E-state index in [9.17, 15) is 18.0 Å². The lowest BCUT2D eigenvalue weighted by Gasteiger charge is -2.10. The highest BCUT2D eigenvalue weighted by atomic mass is 35.5. The molecule has 4 aromatic rings. The zero-order valence-electron chi connectivity index (χ0n) is 17.3. The first-order chi connectivity index (χ1) is 16.2. The second kappa shape index (κ2) is 9.78. The molecule has 0 saturated heterocycles. The molecule has 1 N–H and O–H groups in total. The summed E-state index contributed by atoms with van der Waals surface area (Å²) in [5.74, 6) is -0.192. The van der Waals surface area contributed by atoms with Gasteiger partial charge in [0.15, 0.2) is 18.2 Å².